The fourth-order valence-electron chi connectivity index (χ4n) is 2.07. The maximum atomic E-state index is 9.57. The Kier molecular flexibility index (Phi) is 5.86. The molecule has 4 nitrogen and oxygen atoms in total. The molecule has 0 saturated heterocycles. The summed E-state index contributed by atoms with van der Waals surface area (Å²) in [6.45, 7) is 8.20. The molecule has 0 bridgehead atoms. The van der Waals surface area contributed by atoms with Crippen molar-refractivity contribution in [2.45, 2.75) is 39.0 Å². The standard InChI is InChI=1S/C14H20BrIN2O2Si/c1-21(2,3)5-4-20-9-18-13-10(8-19)6-11(15)7-12(13)14(16)17-18/h6-7,19H,4-5,8-9H2,1-3H3. The van der Waals surface area contributed by atoms with Crippen molar-refractivity contribution in [3.63, 3.8) is 0 Å². The van der Waals surface area contributed by atoms with Crippen LogP contribution in [-0.4, -0.2) is 29.6 Å². The zero-order valence-corrected chi connectivity index (χ0v) is 17.2. The Labute approximate surface area is 148 Å². The molecule has 0 saturated carbocycles. The number of aliphatic hydroxyl groups excluding tert-OH is 1. The third kappa shape index (κ3) is 4.51. The first-order chi connectivity index (χ1) is 9.81. The number of halogens is 2. The summed E-state index contributed by atoms with van der Waals surface area (Å²) in [5.41, 5.74) is 1.82. The molecule has 1 heterocycles. The van der Waals surface area contributed by atoms with Crippen LogP contribution in [0.3, 0.4) is 0 Å². The molecule has 2 aromatic rings. The molecule has 0 aliphatic rings. The Morgan fingerprint density at radius 3 is 2.71 bits per heavy atom. The van der Waals surface area contributed by atoms with E-state index in [2.05, 4.69) is 63.3 Å². The van der Waals surface area contributed by atoms with E-state index >= 15 is 0 Å². The monoisotopic (exact) mass is 482 g/mol. The predicted molar refractivity (Wildman–Crippen MR) is 100 cm³/mol. The molecule has 116 valence electrons. The Balaban J connectivity index is 2.20. The van der Waals surface area contributed by atoms with Gasteiger partial charge in [-0.3, -0.25) is 0 Å². The largest absolute Gasteiger partial charge is 0.392 e. The lowest BCUT2D eigenvalue weighted by Gasteiger charge is -2.15. The van der Waals surface area contributed by atoms with Crippen molar-refractivity contribution in [2.24, 2.45) is 0 Å². The van der Waals surface area contributed by atoms with Crippen LogP contribution in [0.15, 0.2) is 16.6 Å². The molecule has 0 amide bonds. The summed E-state index contributed by atoms with van der Waals surface area (Å²) in [7, 11) is -1.07. The van der Waals surface area contributed by atoms with Gasteiger partial charge in [-0.25, -0.2) is 4.68 Å². The minimum atomic E-state index is -1.07. The van der Waals surface area contributed by atoms with Gasteiger partial charge in [0, 0.05) is 30.1 Å². The summed E-state index contributed by atoms with van der Waals surface area (Å²) >= 11 is 5.69. The summed E-state index contributed by atoms with van der Waals surface area (Å²) in [4.78, 5) is 0. The number of rotatable bonds is 6. The van der Waals surface area contributed by atoms with Crippen molar-refractivity contribution in [3.05, 3.63) is 25.9 Å². The molecule has 0 unspecified atom stereocenters. The minimum absolute atomic E-state index is 0.00732. The van der Waals surface area contributed by atoms with E-state index in [0.29, 0.717) is 6.73 Å². The van der Waals surface area contributed by atoms with Crippen molar-refractivity contribution in [3.8, 4) is 0 Å². The van der Waals surface area contributed by atoms with Crippen LogP contribution in [-0.2, 0) is 18.1 Å². The molecule has 0 radical (unpaired) electrons. The first kappa shape index (κ1) is 17.4. The molecule has 0 spiro atoms. The van der Waals surface area contributed by atoms with Crippen molar-refractivity contribution < 1.29 is 9.84 Å². The number of nitrogens with zero attached hydrogens (tertiary/aromatic N) is 2. The fraction of sp³-hybridized carbons (Fsp3) is 0.500. The topological polar surface area (TPSA) is 47.3 Å². The quantitative estimate of drug-likeness (QED) is 0.381. The molecule has 1 N–H and O–H groups in total. The second kappa shape index (κ2) is 7.07. The second-order valence-electron chi connectivity index (χ2n) is 6.26. The predicted octanol–water partition coefficient (Wildman–Crippen LogP) is 4.21. The molecular formula is C14H20BrIN2O2Si. The van der Waals surface area contributed by atoms with Crippen molar-refractivity contribution in [1.29, 1.82) is 0 Å². The molecule has 1 aromatic heterocycles. The number of aliphatic hydroxyl groups is 1. The van der Waals surface area contributed by atoms with Gasteiger partial charge in [0.2, 0.25) is 0 Å². The number of aromatic nitrogens is 2. The molecule has 2 rings (SSSR count). The molecule has 7 heteroatoms. The van der Waals surface area contributed by atoms with Gasteiger partial charge in [0.15, 0.2) is 0 Å². The zero-order chi connectivity index (χ0) is 15.6. The highest BCUT2D eigenvalue weighted by atomic mass is 127. The van der Waals surface area contributed by atoms with Crippen LogP contribution >= 0.6 is 38.5 Å². The lowest BCUT2D eigenvalue weighted by molar-refractivity contribution is 0.0812. The molecule has 0 atom stereocenters. The van der Waals surface area contributed by atoms with E-state index < -0.39 is 8.07 Å². The summed E-state index contributed by atoms with van der Waals surface area (Å²) < 4.78 is 9.51. The lowest BCUT2D eigenvalue weighted by atomic mass is 10.1. The number of fused-ring (bicyclic) bond motifs is 1. The SMILES string of the molecule is C[Si](C)(C)CCOCn1nc(I)c2cc(Br)cc(CO)c21. The highest BCUT2D eigenvalue weighted by Gasteiger charge is 2.15. The molecule has 0 fully saturated rings. The maximum absolute atomic E-state index is 9.57. The summed E-state index contributed by atoms with van der Waals surface area (Å²) in [5, 5.41) is 15.1. The number of hydrogen-bond acceptors (Lipinski definition) is 3. The van der Waals surface area contributed by atoms with E-state index in [1.54, 1.807) is 0 Å². The van der Waals surface area contributed by atoms with E-state index in [9.17, 15) is 5.11 Å². The van der Waals surface area contributed by atoms with Crippen molar-refractivity contribution >= 4 is 57.5 Å². The van der Waals surface area contributed by atoms with E-state index in [0.717, 1.165) is 37.3 Å². The van der Waals surface area contributed by atoms with E-state index in [1.807, 2.05) is 16.8 Å². The Morgan fingerprint density at radius 2 is 2.10 bits per heavy atom. The molecule has 0 aliphatic carbocycles. The smallest absolute Gasteiger partial charge is 0.140 e. The van der Waals surface area contributed by atoms with Gasteiger partial charge in [0.05, 0.1) is 12.1 Å². The first-order valence-electron chi connectivity index (χ1n) is 6.85. The molecular weight excluding hydrogens is 463 g/mol. The molecule has 21 heavy (non-hydrogen) atoms. The van der Waals surface area contributed by atoms with Crippen LogP contribution in [0.25, 0.3) is 10.9 Å². The highest BCUT2D eigenvalue weighted by molar-refractivity contribution is 14.1. The summed E-state index contributed by atoms with van der Waals surface area (Å²) in [5.74, 6) is 0. The third-order valence-electron chi connectivity index (χ3n) is 3.22. The van der Waals surface area contributed by atoms with Crippen LogP contribution in [0, 0.1) is 3.70 Å². The number of hydrogen-bond donors (Lipinski definition) is 1. The van der Waals surface area contributed by atoms with Crippen molar-refractivity contribution in [2.75, 3.05) is 6.61 Å². The molecule has 0 aliphatic heterocycles. The van der Waals surface area contributed by atoms with Gasteiger partial charge in [0.1, 0.15) is 10.4 Å². The van der Waals surface area contributed by atoms with Crippen LogP contribution in [0.4, 0.5) is 0 Å². The summed E-state index contributed by atoms with van der Waals surface area (Å²) in [6, 6.07) is 5.10. The highest BCUT2D eigenvalue weighted by Crippen LogP contribution is 2.28. The molecule has 1 aromatic carbocycles. The minimum Gasteiger partial charge on any atom is -0.392 e. The normalized spacial score (nSPS) is 12.3. The number of benzene rings is 1. The summed E-state index contributed by atoms with van der Waals surface area (Å²) in [6.07, 6.45) is 0. The average Bonchev–Trinajstić information content (AvgIpc) is 2.70. The second-order valence-corrected chi connectivity index (χ2v) is 13.8. The van der Waals surface area contributed by atoms with E-state index in [1.165, 1.54) is 0 Å². The Hall–Kier alpha value is 0.0369. The van der Waals surface area contributed by atoms with Gasteiger partial charge in [-0.05, 0) is 40.8 Å². The van der Waals surface area contributed by atoms with Crippen molar-refractivity contribution in [1.82, 2.24) is 9.78 Å². The maximum Gasteiger partial charge on any atom is 0.140 e. The Bertz CT molecular complexity index is 640. The third-order valence-corrected chi connectivity index (χ3v) is 6.18. The van der Waals surface area contributed by atoms with Gasteiger partial charge in [-0.2, -0.15) is 5.10 Å². The lowest BCUT2D eigenvalue weighted by Crippen LogP contribution is -2.22. The van der Waals surface area contributed by atoms with Crippen LogP contribution in [0.5, 0.6) is 0 Å². The van der Waals surface area contributed by atoms with Gasteiger partial charge < -0.3 is 9.84 Å². The average molecular weight is 483 g/mol. The Morgan fingerprint density at radius 1 is 1.38 bits per heavy atom. The van der Waals surface area contributed by atoms with Gasteiger partial charge in [-0.1, -0.05) is 35.6 Å². The van der Waals surface area contributed by atoms with Gasteiger partial charge >= 0.3 is 0 Å². The first-order valence-corrected chi connectivity index (χ1v) is 12.4. The van der Waals surface area contributed by atoms with Gasteiger partial charge in [0.25, 0.3) is 0 Å². The zero-order valence-electron chi connectivity index (χ0n) is 12.5. The fourth-order valence-corrected chi connectivity index (χ4v) is 4.00. The van der Waals surface area contributed by atoms with Crippen LogP contribution in [0.2, 0.25) is 25.7 Å². The van der Waals surface area contributed by atoms with Crippen LogP contribution in [0.1, 0.15) is 5.56 Å². The van der Waals surface area contributed by atoms with Crippen LogP contribution < -0.4 is 0 Å². The van der Waals surface area contributed by atoms with E-state index in [4.69, 9.17) is 4.74 Å². The van der Waals surface area contributed by atoms with E-state index in [-0.39, 0.29) is 6.61 Å². The van der Waals surface area contributed by atoms with Gasteiger partial charge in [-0.15, -0.1) is 0 Å². The number of ether oxygens (including phenoxy) is 1.